The fourth-order valence-corrected chi connectivity index (χ4v) is 1.28. The van der Waals surface area contributed by atoms with Crippen LogP contribution in [0.25, 0.3) is 0 Å². The number of aliphatic carboxylic acids is 1. The SMILES string of the molecule is Cl.O=C(O)CCC(=O)CNCc1ccccc1. The van der Waals surface area contributed by atoms with Crippen molar-refractivity contribution in [3.05, 3.63) is 35.9 Å². The van der Waals surface area contributed by atoms with Gasteiger partial charge >= 0.3 is 5.97 Å². The highest BCUT2D eigenvalue weighted by Gasteiger charge is 2.04. The summed E-state index contributed by atoms with van der Waals surface area (Å²) in [4.78, 5) is 21.4. The summed E-state index contributed by atoms with van der Waals surface area (Å²) in [7, 11) is 0. The molecule has 0 radical (unpaired) electrons. The van der Waals surface area contributed by atoms with Crippen molar-refractivity contribution >= 4 is 24.2 Å². The Balaban J connectivity index is 0.00000256. The lowest BCUT2D eigenvalue weighted by atomic mass is 10.2. The number of nitrogens with one attached hydrogen (secondary N) is 1. The Labute approximate surface area is 106 Å². The molecule has 0 saturated carbocycles. The number of ketones is 1. The van der Waals surface area contributed by atoms with E-state index in [1.54, 1.807) is 0 Å². The zero-order chi connectivity index (χ0) is 11.8. The number of hydrogen-bond donors (Lipinski definition) is 2. The molecule has 0 spiro atoms. The van der Waals surface area contributed by atoms with E-state index in [4.69, 9.17) is 5.11 Å². The van der Waals surface area contributed by atoms with Crippen LogP contribution in [-0.2, 0) is 16.1 Å². The summed E-state index contributed by atoms with van der Waals surface area (Å²) in [6.45, 7) is 0.849. The van der Waals surface area contributed by atoms with Gasteiger partial charge < -0.3 is 10.4 Å². The molecule has 0 fully saturated rings. The van der Waals surface area contributed by atoms with Crippen molar-refractivity contribution in [1.82, 2.24) is 5.32 Å². The normalized spacial score (nSPS) is 9.41. The zero-order valence-corrected chi connectivity index (χ0v) is 10.2. The van der Waals surface area contributed by atoms with Crippen LogP contribution in [0.4, 0.5) is 0 Å². The molecule has 0 aliphatic carbocycles. The Morgan fingerprint density at radius 2 is 1.76 bits per heavy atom. The predicted molar refractivity (Wildman–Crippen MR) is 67.3 cm³/mol. The lowest BCUT2D eigenvalue weighted by molar-refractivity contribution is -0.138. The molecule has 0 unspecified atom stereocenters. The highest BCUT2D eigenvalue weighted by atomic mass is 35.5. The molecule has 0 heterocycles. The molecule has 0 aliphatic rings. The number of hydrogen-bond acceptors (Lipinski definition) is 3. The average molecular weight is 258 g/mol. The number of halogens is 1. The van der Waals surface area contributed by atoms with E-state index in [0.717, 1.165) is 5.56 Å². The van der Waals surface area contributed by atoms with Gasteiger partial charge in [0.15, 0.2) is 0 Å². The van der Waals surface area contributed by atoms with Crippen LogP contribution in [0.5, 0.6) is 0 Å². The Kier molecular flexibility index (Phi) is 8.01. The molecule has 4 nitrogen and oxygen atoms in total. The summed E-state index contributed by atoms with van der Waals surface area (Å²) in [5.74, 6) is -1.00. The summed E-state index contributed by atoms with van der Waals surface area (Å²) < 4.78 is 0. The van der Waals surface area contributed by atoms with Gasteiger partial charge in [0.05, 0.1) is 13.0 Å². The first kappa shape index (κ1) is 15.6. The van der Waals surface area contributed by atoms with Gasteiger partial charge in [-0.3, -0.25) is 9.59 Å². The Morgan fingerprint density at radius 3 is 2.35 bits per heavy atom. The first-order chi connectivity index (χ1) is 7.68. The topological polar surface area (TPSA) is 66.4 Å². The van der Waals surface area contributed by atoms with Gasteiger partial charge in [0.2, 0.25) is 0 Å². The van der Waals surface area contributed by atoms with E-state index in [1.807, 2.05) is 30.3 Å². The Morgan fingerprint density at radius 1 is 1.12 bits per heavy atom. The molecular formula is C12H16ClNO3. The summed E-state index contributed by atoms with van der Waals surface area (Å²) in [5.41, 5.74) is 1.11. The summed E-state index contributed by atoms with van der Waals surface area (Å²) in [5, 5.41) is 11.4. The van der Waals surface area contributed by atoms with Crippen molar-refractivity contribution in [2.45, 2.75) is 19.4 Å². The molecule has 1 aromatic rings. The van der Waals surface area contributed by atoms with E-state index in [9.17, 15) is 9.59 Å². The quantitative estimate of drug-likeness (QED) is 0.779. The van der Waals surface area contributed by atoms with Crippen molar-refractivity contribution < 1.29 is 14.7 Å². The van der Waals surface area contributed by atoms with Gasteiger partial charge in [-0.15, -0.1) is 12.4 Å². The maximum atomic E-state index is 11.2. The van der Waals surface area contributed by atoms with E-state index in [0.29, 0.717) is 6.54 Å². The van der Waals surface area contributed by atoms with E-state index in [-0.39, 0.29) is 37.6 Å². The molecule has 0 aliphatic heterocycles. The third kappa shape index (κ3) is 7.49. The van der Waals surface area contributed by atoms with Crippen molar-refractivity contribution in [2.75, 3.05) is 6.54 Å². The summed E-state index contributed by atoms with van der Waals surface area (Å²) >= 11 is 0. The van der Waals surface area contributed by atoms with Gasteiger partial charge in [0.25, 0.3) is 0 Å². The van der Waals surface area contributed by atoms with Crippen LogP contribution in [0, 0.1) is 0 Å². The smallest absolute Gasteiger partial charge is 0.303 e. The molecule has 94 valence electrons. The van der Waals surface area contributed by atoms with Crippen LogP contribution >= 0.6 is 12.4 Å². The monoisotopic (exact) mass is 257 g/mol. The van der Waals surface area contributed by atoms with Crippen molar-refractivity contribution in [2.24, 2.45) is 0 Å². The van der Waals surface area contributed by atoms with Crippen molar-refractivity contribution in [3.8, 4) is 0 Å². The molecule has 0 aromatic heterocycles. The fraction of sp³-hybridized carbons (Fsp3) is 0.333. The zero-order valence-electron chi connectivity index (χ0n) is 9.39. The van der Waals surface area contributed by atoms with Crippen LogP contribution in [0.2, 0.25) is 0 Å². The maximum Gasteiger partial charge on any atom is 0.303 e. The Bertz CT molecular complexity index is 354. The molecule has 5 heteroatoms. The molecule has 1 rings (SSSR count). The summed E-state index contributed by atoms with van der Waals surface area (Å²) in [6.07, 6.45) is 0.00295. The maximum absolute atomic E-state index is 11.2. The van der Waals surface area contributed by atoms with E-state index in [2.05, 4.69) is 5.32 Å². The second-order valence-corrected chi connectivity index (χ2v) is 3.52. The molecule has 17 heavy (non-hydrogen) atoms. The van der Waals surface area contributed by atoms with Crippen molar-refractivity contribution in [3.63, 3.8) is 0 Å². The van der Waals surface area contributed by atoms with E-state index in [1.165, 1.54) is 0 Å². The van der Waals surface area contributed by atoms with Crippen LogP contribution in [0.3, 0.4) is 0 Å². The van der Waals surface area contributed by atoms with Crippen LogP contribution in [0.1, 0.15) is 18.4 Å². The number of Topliss-reactive ketones (excluding diaryl/α,β-unsaturated/α-hetero) is 1. The highest BCUT2D eigenvalue weighted by Crippen LogP contribution is 1.97. The van der Waals surface area contributed by atoms with Gasteiger partial charge in [-0.05, 0) is 5.56 Å². The summed E-state index contributed by atoms with van der Waals surface area (Å²) in [6, 6.07) is 9.73. The molecule has 0 atom stereocenters. The lowest BCUT2D eigenvalue weighted by Gasteiger charge is -2.03. The third-order valence-corrected chi connectivity index (χ3v) is 2.11. The standard InChI is InChI=1S/C12H15NO3.ClH/c14-11(6-7-12(15)16)9-13-8-10-4-2-1-3-5-10;/h1-5,13H,6-9H2,(H,15,16);1H. The number of carbonyl (C=O) groups is 2. The number of rotatable bonds is 7. The van der Waals surface area contributed by atoms with E-state index >= 15 is 0 Å². The highest BCUT2D eigenvalue weighted by molar-refractivity contribution is 5.85. The minimum Gasteiger partial charge on any atom is -0.481 e. The first-order valence-corrected chi connectivity index (χ1v) is 5.16. The minimum atomic E-state index is -0.934. The molecule has 0 bridgehead atoms. The third-order valence-electron chi connectivity index (χ3n) is 2.11. The number of carboxylic acid groups (broad SMARTS) is 1. The van der Waals surface area contributed by atoms with Gasteiger partial charge in [0, 0.05) is 13.0 Å². The second-order valence-electron chi connectivity index (χ2n) is 3.52. The van der Waals surface area contributed by atoms with Crippen LogP contribution in [0.15, 0.2) is 30.3 Å². The lowest BCUT2D eigenvalue weighted by Crippen LogP contribution is -2.22. The van der Waals surface area contributed by atoms with Crippen LogP contribution in [-0.4, -0.2) is 23.4 Å². The first-order valence-electron chi connectivity index (χ1n) is 5.16. The van der Waals surface area contributed by atoms with E-state index < -0.39 is 5.97 Å². The molecule has 0 amide bonds. The molecular weight excluding hydrogens is 242 g/mol. The molecule has 2 N–H and O–H groups in total. The van der Waals surface area contributed by atoms with Gasteiger partial charge in [-0.2, -0.15) is 0 Å². The second kappa shape index (κ2) is 8.73. The largest absolute Gasteiger partial charge is 0.481 e. The predicted octanol–water partition coefficient (Wildman–Crippen LogP) is 1.63. The number of benzene rings is 1. The average Bonchev–Trinajstić information content (AvgIpc) is 2.28. The van der Waals surface area contributed by atoms with Gasteiger partial charge in [-0.1, -0.05) is 30.3 Å². The fourth-order valence-electron chi connectivity index (χ4n) is 1.28. The number of carbonyl (C=O) groups excluding carboxylic acids is 1. The minimum absolute atomic E-state index is 0. The van der Waals surface area contributed by atoms with Crippen LogP contribution < -0.4 is 5.32 Å². The Hall–Kier alpha value is -1.39. The van der Waals surface area contributed by atoms with Crippen molar-refractivity contribution in [1.29, 1.82) is 0 Å². The molecule has 1 aromatic carbocycles. The van der Waals surface area contributed by atoms with Gasteiger partial charge in [-0.25, -0.2) is 0 Å². The number of carboxylic acids is 1. The molecule has 0 saturated heterocycles. The van der Waals surface area contributed by atoms with Gasteiger partial charge in [0.1, 0.15) is 5.78 Å².